The van der Waals surface area contributed by atoms with E-state index in [1.165, 1.54) is 31.2 Å². The molecule has 0 radical (unpaired) electrons. The van der Waals surface area contributed by atoms with E-state index >= 15 is 0 Å². The van der Waals surface area contributed by atoms with Crippen LogP contribution in [-0.2, 0) is 0 Å². The second-order valence-electron chi connectivity index (χ2n) is 4.61. The van der Waals surface area contributed by atoms with Crippen molar-refractivity contribution in [2.45, 2.75) is 38.6 Å². The summed E-state index contributed by atoms with van der Waals surface area (Å²) in [5, 5.41) is 4.32. The van der Waals surface area contributed by atoms with Crippen molar-refractivity contribution in [3.63, 3.8) is 0 Å². The maximum absolute atomic E-state index is 6.28. The third-order valence-corrected chi connectivity index (χ3v) is 4.11. The Morgan fingerprint density at radius 2 is 2.36 bits per heavy atom. The molecule has 1 aliphatic carbocycles. The number of nitrogens with two attached hydrogens (primary N) is 1. The topological polar surface area (TPSA) is 26.0 Å². The molecule has 3 atom stereocenters. The highest BCUT2D eigenvalue weighted by atomic mass is 32.1. The predicted molar refractivity (Wildman–Crippen MR) is 62.4 cm³/mol. The van der Waals surface area contributed by atoms with E-state index in [9.17, 15) is 0 Å². The molecule has 1 aliphatic rings. The van der Waals surface area contributed by atoms with Crippen molar-refractivity contribution < 1.29 is 0 Å². The predicted octanol–water partition coefficient (Wildman–Crippen LogP) is 3.57. The van der Waals surface area contributed by atoms with Crippen LogP contribution >= 0.6 is 11.3 Å². The van der Waals surface area contributed by atoms with Crippen LogP contribution in [0, 0.1) is 11.8 Å². The average Bonchev–Trinajstić information content (AvgIpc) is 2.69. The summed E-state index contributed by atoms with van der Waals surface area (Å²) in [6, 6.07) is 2.46. The van der Waals surface area contributed by atoms with Crippen molar-refractivity contribution in [1.82, 2.24) is 0 Å². The van der Waals surface area contributed by atoms with Gasteiger partial charge in [-0.3, -0.25) is 0 Å². The van der Waals surface area contributed by atoms with Crippen LogP contribution in [0.25, 0.3) is 0 Å². The summed E-state index contributed by atoms with van der Waals surface area (Å²) in [6.45, 7) is 2.35. The third-order valence-electron chi connectivity index (χ3n) is 3.41. The van der Waals surface area contributed by atoms with Gasteiger partial charge in [0.1, 0.15) is 0 Å². The number of rotatable bonds is 2. The van der Waals surface area contributed by atoms with Gasteiger partial charge in [-0.25, -0.2) is 0 Å². The zero-order chi connectivity index (χ0) is 9.97. The van der Waals surface area contributed by atoms with Gasteiger partial charge in [-0.2, -0.15) is 11.3 Å². The lowest BCUT2D eigenvalue weighted by Gasteiger charge is -2.30. The van der Waals surface area contributed by atoms with Crippen molar-refractivity contribution in [3.8, 4) is 0 Å². The average molecular weight is 209 g/mol. The molecule has 1 heterocycles. The molecule has 0 amide bonds. The summed E-state index contributed by atoms with van der Waals surface area (Å²) >= 11 is 1.75. The van der Waals surface area contributed by atoms with E-state index in [1.807, 2.05) is 0 Å². The van der Waals surface area contributed by atoms with Crippen LogP contribution in [0.15, 0.2) is 16.8 Å². The Bertz CT molecular complexity index is 268. The van der Waals surface area contributed by atoms with Crippen LogP contribution in [0.3, 0.4) is 0 Å². The Morgan fingerprint density at radius 1 is 1.50 bits per heavy atom. The second-order valence-corrected chi connectivity index (χ2v) is 5.39. The highest BCUT2D eigenvalue weighted by Crippen LogP contribution is 2.36. The molecule has 1 aromatic heterocycles. The van der Waals surface area contributed by atoms with Crippen LogP contribution in [0.1, 0.15) is 44.2 Å². The fourth-order valence-corrected chi connectivity index (χ4v) is 3.25. The van der Waals surface area contributed by atoms with E-state index < -0.39 is 0 Å². The van der Waals surface area contributed by atoms with E-state index in [1.54, 1.807) is 11.3 Å². The monoisotopic (exact) mass is 209 g/mol. The molecule has 1 nitrogen and oxygen atoms in total. The molecule has 1 aromatic rings. The fourth-order valence-electron chi connectivity index (χ4n) is 2.54. The number of thiophene rings is 1. The summed E-state index contributed by atoms with van der Waals surface area (Å²) in [7, 11) is 0. The lowest BCUT2D eigenvalue weighted by Crippen LogP contribution is -2.25. The molecule has 0 spiro atoms. The molecule has 0 saturated heterocycles. The van der Waals surface area contributed by atoms with Crippen LogP contribution in [0.4, 0.5) is 0 Å². The normalized spacial score (nSPS) is 30.1. The Hall–Kier alpha value is -0.340. The molecule has 0 aliphatic heterocycles. The van der Waals surface area contributed by atoms with Crippen molar-refractivity contribution in [2.75, 3.05) is 0 Å². The molecule has 2 rings (SSSR count). The van der Waals surface area contributed by atoms with E-state index in [4.69, 9.17) is 5.73 Å². The van der Waals surface area contributed by atoms with Gasteiger partial charge in [0.05, 0.1) is 0 Å². The van der Waals surface area contributed by atoms with E-state index in [-0.39, 0.29) is 6.04 Å². The van der Waals surface area contributed by atoms with Gasteiger partial charge in [-0.1, -0.05) is 19.8 Å². The second kappa shape index (κ2) is 4.45. The molecular formula is C12H19NS. The molecular weight excluding hydrogens is 190 g/mol. The molecule has 2 N–H and O–H groups in total. The van der Waals surface area contributed by atoms with Gasteiger partial charge in [0, 0.05) is 6.04 Å². The molecule has 1 fully saturated rings. The zero-order valence-corrected chi connectivity index (χ0v) is 9.59. The molecule has 14 heavy (non-hydrogen) atoms. The highest BCUT2D eigenvalue weighted by Gasteiger charge is 2.25. The minimum atomic E-state index is 0.281. The molecule has 2 heteroatoms. The largest absolute Gasteiger partial charge is 0.324 e. The zero-order valence-electron chi connectivity index (χ0n) is 8.78. The quantitative estimate of drug-likeness (QED) is 0.791. The van der Waals surface area contributed by atoms with Crippen molar-refractivity contribution in [3.05, 3.63) is 22.4 Å². The van der Waals surface area contributed by atoms with Crippen molar-refractivity contribution in [1.29, 1.82) is 0 Å². The first-order chi connectivity index (χ1) is 6.77. The standard InChI is InChI=1S/C12H19NS/c1-9-3-2-4-10(7-9)12(13)11-5-6-14-8-11/h5-6,8-10,12H,2-4,7,13H2,1H3. The first-order valence-corrected chi connectivity index (χ1v) is 6.49. The molecule has 0 bridgehead atoms. The summed E-state index contributed by atoms with van der Waals surface area (Å²) in [5.41, 5.74) is 7.62. The first-order valence-electron chi connectivity index (χ1n) is 5.55. The van der Waals surface area contributed by atoms with Crippen molar-refractivity contribution in [2.24, 2.45) is 17.6 Å². The van der Waals surface area contributed by atoms with E-state index in [0.717, 1.165) is 5.92 Å². The molecule has 78 valence electrons. The minimum Gasteiger partial charge on any atom is -0.324 e. The third kappa shape index (κ3) is 2.18. The maximum atomic E-state index is 6.28. The fraction of sp³-hybridized carbons (Fsp3) is 0.667. The Kier molecular flexibility index (Phi) is 3.24. The van der Waals surface area contributed by atoms with Gasteiger partial charge in [0.25, 0.3) is 0 Å². The van der Waals surface area contributed by atoms with Gasteiger partial charge in [-0.15, -0.1) is 0 Å². The summed E-state index contributed by atoms with van der Waals surface area (Å²) < 4.78 is 0. The smallest absolute Gasteiger partial charge is 0.0331 e. The lowest BCUT2D eigenvalue weighted by molar-refractivity contribution is 0.248. The minimum absolute atomic E-state index is 0.281. The van der Waals surface area contributed by atoms with Gasteiger partial charge in [0.15, 0.2) is 0 Å². The summed E-state index contributed by atoms with van der Waals surface area (Å²) in [5.74, 6) is 1.59. The SMILES string of the molecule is CC1CCCC(C(N)c2ccsc2)C1. The molecule has 3 unspecified atom stereocenters. The van der Waals surface area contributed by atoms with E-state index in [2.05, 4.69) is 23.8 Å². The Labute approximate surface area is 90.3 Å². The van der Waals surface area contributed by atoms with Gasteiger partial charge < -0.3 is 5.73 Å². The van der Waals surface area contributed by atoms with Crippen molar-refractivity contribution >= 4 is 11.3 Å². The van der Waals surface area contributed by atoms with Gasteiger partial charge >= 0.3 is 0 Å². The van der Waals surface area contributed by atoms with Crippen LogP contribution in [0.2, 0.25) is 0 Å². The number of hydrogen-bond acceptors (Lipinski definition) is 2. The van der Waals surface area contributed by atoms with E-state index in [0.29, 0.717) is 5.92 Å². The molecule has 0 aromatic carbocycles. The number of hydrogen-bond donors (Lipinski definition) is 1. The summed E-state index contributed by atoms with van der Waals surface area (Å²) in [4.78, 5) is 0. The Morgan fingerprint density at radius 3 is 3.00 bits per heavy atom. The lowest BCUT2D eigenvalue weighted by atomic mass is 9.77. The summed E-state index contributed by atoms with van der Waals surface area (Å²) in [6.07, 6.45) is 5.40. The maximum Gasteiger partial charge on any atom is 0.0331 e. The van der Waals surface area contributed by atoms with Crippen LogP contribution in [0.5, 0.6) is 0 Å². The Balaban J connectivity index is 2.00. The van der Waals surface area contributed by atoms with Gasteiger partial charge in [-0.05, 0) is 47.1 Å². The highest BCUT2D eigenvalue weighted by molar-refractivity contribution is 7.07. The van der Waals surface area contributed by atoms with Crippen LogP contribution < -0.4 is 5.73 Å². The van der Waals surface area contributed by atoms with Gasteiger partial charge in [0.2, 0.25) is 0 Å². The van der Waals surface area contributed by atoms with Crippen LogP contribution in [-0.4, -0.2) is 0 Å². The molecule has 1 saturated carbocycles. The first kappa shape index (κ1) is 10.2.